The van der Waals surface area contributed by atoms with Crippen LogP contribution in [0.5, 0.6) is 0 Å². The Hall–Kier alpha value is -1.05. The summed E-state index contributed by atoms with van der Waals surface area (Å²) in [5, 5.41) is 0. The Morgan fingerprint density at radius 1 is 1.47 bits per heavy atom. The molecule has 0 aliphatic rings. The van der Waals surface area contributed by atoms with Crippen LogP contribution in [0.1, 0.15) is 13.3 Å². The van der Waals surface area contributed by atoms with Crippen LogP contribution in [0, 0.1) is 5.82 Å². The zero-order valence-corrected chi connectivity index (χ0v) is 10.8. The summed E-state index contributed by atoms with van der Waals surface area (Å²) in [6, 6.07) is 4.18. The molecule has 0 amide bonds. The van der Waals surface area contributed by atoms with Gasteiger partial charge in [-0.05, 0) is 31.2 Å². The second-order valence-corrected chi connectivity index (χ2v) is 5.89. The zero-order valence-electron chi connectivity index (χ0n) is 9.18. The average molecular weight is 276 g/mol. The first kappa shape index (κ1) is 14.0. The number of benzene rings is 1. The first-order valence-electron chi connectivity index (χ1n) is 4.87. The molecule has 1 aromatic rings. The van der Waals surface area contributed by atoms with E-state index >= 15 is 0 Å². The van der Waals surface area contributed by atoms with Crippen LogP contribution in [-0.2, 0) is 10.0 Å². The van der Waals surface area contributed by atoms with Crippen molar-refractivity contribution in [2.75, 3.05) is 0 Å². The third kappa shape index (κ3) is 4.37. The van der Waals surface area contributed by atoms with Crippen molar-refractivity contribution in [2.45, 2.75) is 24.3 Å². The number of nitrogens with two attached hydrogens (primary N) is 1. The molecule has 0 saturated carbocycles. The van der Waals surface area contributed by atoms with E-state index in [0.29, 0.717) is 0 Å². The number of sulfonamides is 1. The Bertz CT molecular complexity index is 500. The molecule has 0 spiro atoms. The fraction of sp³-hybridized carbons (Fsp3) is 0.300. The number of thiocarbonyl (C=S) groups is 1. The minimum absolute atomic E-state index is 0.00805. The van der Waals surface area contributed by atoms with E-state index in [1.54, 1.807) is 6.92 Å². The Kier molecular flexibility index (Phi) is 4.55. The first-order chi connectivity index (χ1) is 7.81. The highest BCUT2D eigenvalue weighted by molar-refractivity contribution is 7.89. The maximum absolute atomic E-state index is 12.7. The van der Waals surface area contributed by atoms with Crippen molar-refractivity contribution < 1.29 is 12.8 Å². The van der Waals surface area contributed by atoms with Gasteiger partial charge in [0, 0.05) is 12.5 Å². The topological polar surface area (TPSA) is 72.2 Å². The highest BCUT2D eigenvalue weighted by Gasteiger charge is 2.17. The summed E-state index contributed by atoms with van der Waals surface area (Å²) in [6.07, 6.45) is 0.274. The molecule has 4 nitrogen and oxygen atoms in total. The minimum atomic E-state index is -3.65. The van der Waals surface area contributed by atoms with Gasteiger partial charge in [-0.15, -0.1) is 0 Å². The highest BCUT2D eigenvalue weighted by Crippen LogP contribution is 2.10. The van der Waals surface area contributed by atoms with E-state index in [1.165, 1.54) is 12.1 Å². The van der Waals surface area contributed by atoms with Crippen LogP contribution >= 0.6 is 12.2 Å². The van der Waals surface area contributed by atoms with Gasteiger partial charge in [0.2, 0.25) is 10.0 Å². The van der Waals surface area contributed by atoms with Crippen LogP contribution in [0.4, 0.5) is 4.39 Å². The number of halogens is 1. The summed E-state index contributed by atoms with van der Waals surface area (Å²) < 4.78 is 38.7. The Balaban J connectivity index is 2.82. The van der Waals surface area contributed by atoms with E-state index in [2.05, 4.69) is 16.9 Å². The molecular formula is C10H13FN2O2S2. The third-order valence-electron chi connectivity index (χ3n) is 1.99. The molecule has 94 valence electrons. The van der Waals surface area contributed by atoms with Gasteiger partial charge in [-0.2, -0.15) is 0 Å². The molecule has 3 N–H and O–H groups in total. The zero-order chi connectivity index (χ0) is 13.1. The average Bonchev–Trinajstić information content (AvgIpc) is 2.15. The maximum atomic E-state index is 12.7. The van der Waals surface area contributed by atoms with Gasteiger partial charge in [0.15, 0.2) is 0 Å². The molecule has 0 radical (unpaired) electrons. The van der Waals surface area contributed by atoms with Crippen molar-refractivity contribution in [1.82, 2.24) is 4.72 Å². The summed E-state index contributed by atoms with van der Waals surface area (Å²) >= 11 is 4.69. The van der Waals surface area contributed by atoms with Crippen molar-refractivity contribution in [2.24, 2.45) is 5.73 Å². The predicted molar refractivity (Wildman–Crippen MR) is 67.6 cm³/mol. The number of rotatable bonds is 5. The SMILES string of the molecule is CC(CC(N)=S)NS(=O)(=O)c1ccc(F)cc1. The lowest BCUT2D eigenvalue weighted by Gasteiger charge is -2.13. The van der Waals surface area contributed by atoms with Crippen LogP contribution in [-0.4, -0.2) is 19.4 Å². The van der Waals surface area contributed by atoms with Crippen molar-refractivity contribution in [3.8, 4) is 0 Å². The maximum Gasteiger partial charge on any atom is 0.240 e. The molecule has 0 aromatic heterocycles. The Labute approximate surface area is 105 Å². The first-order valence-corrected chi connectivity index (χ1v) is 6.76. The Morgan fingerprint density at radius 2 is 2.00 bits per heavy atom. The fourth-order valence-electron chi connectivity index (χ4n) is 1.29. The molecule has 0 heterocycles. The van der Waals surface area contributed by atoms with Crippen molar-refractivity contribution >= 4 is 27.2 Å². The molecule has 1 aromatic carbocycles. The van der Waals surface area contributed by atoms with Crippen molar-refractivity contribution in [3.05, 3.63) is 30.1 Å². The van der Waals surface area contributed by atoms with E-state index < -0.39 is 21.9 Å². The molecule has 1 unspecified atom stereocenters. The largest absolute Gasteiger partial charge is 0.393 e. The normalized spacial score (nSPS) is 13.3. The molecule has 1 atom stereocenters. The molecule has 0 aliphatic carbocycles. The minimum Gasteiger partial charge on any atom is -0.393 e. The van der Waals surface area contributed by atoms with Gasteiger partial charge in [0.05, 0.1) is 9.88 Å². The van der Waals surface area contributed by atoms with Crippen molar-refractivity contribution in [3.63, 3.8) is 0 Å². The quantitative estimate of drug-likeness (QED) is 0.792. The summed E-state index contributed by atoms with van der Waals surface area (Å²) in [4.78, 5) is 0.244. The lowest BCUT2D eigenvalue weighted by molar-refractivity contribution is 0.564. The lowest BCUT2D eigenvalue weighted by Crippen LogP contribution is -2.35. The van der Waals surface area contributed by atoms with Gasteiger partial charge in [0.1, 0.15) is 5.82 Å². The van der Waals surface area contributed by atoms with E-state index in [-0.39, 0.29) is 16.3 Å². The van der Waals surface area contributed by atoms with Gasteiger partial charge < -0.3 is 5.73 Å². The summed E-state index contributed by atoms with van der Waals surface area (Å²) in [7, 11) is -3.65. The molecule has 0 aliphatic heterocycles. The molecule has 17 heavy (non-hydrogen) atoms. The smallest absolute Gasteiger partial charge is 0.240 e. The summed E-state index contributed by atoms with van der Waals surface area (Å²) in [5.74, 6) is -0.486. The number of hydrogen-bond donors (Lipinski definition) is 2. The van der Waals surface area contributed by atoms with Gasteiger partial charge in [-0.3, -0.25) is 0 Å². The van der Waals surface area contributed by atoms with E-state index in [1.807, 2.05) is 0 Å². The van der Waals surface area contributed by atoms with Gasteiger partial charge in [-0.25, -0.2) is 17.5 Å². The number of hydrogen-bond acceptors (Lipinski definition) is 3. The molecule has 0 fully saturated rings. The van der Waals surface area contributed by atoms with E-state index in [4.69, 9.17) is 5.73 Å². The molecule has 1 rings (SSSR count). The molecule has 0 saturated heterocycles. The second kappa shape index (κ2) is 5.52. The Morgan fingerprint density at radius 3 is 2.47 bits per heavy atom. The molecule has 0 bridgehead atoms. The second-order valence-electron chi connectivity index (χ2n) is 3.65. The monoisotopic (exact) mass is 276 g/mol. The molecular weight excluding hydrogens is 263 g/mol. The van der Waals surface area contributed by atoms with E-state index in [0.717, 1.165) is 12.1 Å². The summed E-state index contributed by atoms with van der Waals surface area (Å²) in [5.41, 5.74) is 5.32. The highest BCUT2D eigenvalue weighted by atomic mass is 32.2. The van der Waals surface area contributed by atoms with E-state index in [9.17, 15) is 12.8 Å². The molecule has 7 heteroatoms. The standard InChI is InChI=1S/C10H13FN2O2S2/c1-7(6-10(12)16)13-17(14,15)9-4-2-8(11)3-5-9/h2-5,7,13H,6H2,1H3,(H2,12,16). The summed E-state index contributed by atoms with van der Waals surface area (Å²) in [6.45, 7) is 1.65. The van der Waals surface area contributed by atoms with Gasteiger partial charge >= 0.3 is 0 Å². The van der Waals surface area contributed by atoms with Crippen LogP contribution in [0.15, 0.2) is 29.2 Å². The van der Waals surface area contributed by atoms with Crippen LogP contribution in [0.25, 0.3) is 0 Å². The number of nitrogens with one attached hydrogen (secondary N) is 1. The van der Waals surface area contributed by atoms with Gasteiger partial charge in [0.25, 0.3) is 0 Å². The van der Waals surface area contributed by atoms with Crippen molar-refractivity contribution in [1.29, 1.82) is 0 Å². The van der Waals surface area contributed by atoms with Crippen LogP contribution < -0.4 is 10.5 Å². The van der Waals surface area contributed by atoms with Crippen LogP contribution in [0.3, 0.4) is 0 Å². The fourth-order valence-corrected chi connectivity index (χ4v) is 2.78. The van der Waals surface area contributed by atoms with Crippen LogP contribution in [0.2, 0.25) is 0 Å². The third-order valence-corrected chi connectivity index (χ3v) is 3.76. The predicted octanol–water partition coefficient (Wildman–Crippen LogP) is 1.17. The lowest BCUT2D eigenvalue weighted by atomic mass is 10.3. The van der Waals surface area contributed by atoms with Gasteiger partial charge in [-0.1, -0.05) is 12.2 Å².